The molecule has 5 heteroatoms. The molecule has 0 radical (unpaired) electrons. The summed E-state index contributed by atoms with van der Waals surface area (Å²) in [6.07, 6.45) is 5.27. The molecule has 4 nitrogen and oxygen atoms in total. The summed E-state index contributed by atoms with van der Waals surface area (Å²) >= 11 is 6.11. The van der Waals surface area contributed by atoms with E-state index in [1.807, 2.05) is 0 Å². The number of anilines is 1. The molecule has 0 aliphatic carbocycles. The minimum atomic E-state index is 0.309. The lowest BCUT2D eigenvalue weighted by Crippen LogP contribution is -2.14. The highest BCUT2D eigenvalue weighted by molar-refractivity contribution is 6.30. The summed E-state index contributed by atoms with van der Waals surface area (Å²) in [6.45, 7) is 5.95. The molecule has 0 spiro atoms. The molecule has 2 heterocycles. The SMILES string of the molecule is CC(C)c1c(Cl)ncnc1NCCC1CCCO1. The lowest BCUT2D eigenvalue weighted by atomic mass is 10.1. The molecular weight excluding hydrogens is 250 g/mol. The minimum Gasteiger partial charge on any atom is -0.378 e. The molecule has 0 amide bonds. The third kappa shape index (κ3) is 3.33. The Morgan fingerprint density at radius 1 is 1.50 bits per heavy atom. The van der Waals surface area contributed by atoms with Crippen LogP contribution >= 0.6 is 11.6 Å². The number of rotatable bonds is 5. The van der Waals surface area contributed by atoms with Crippen molar-refractivity contribution in [2.75, 3.05) is 18.5 Å². The zero-order valence-electron chi connectivity index (χ0n) is 10.9. The van der Waals surface area contributed by atoms with Crippen molar-refractivity contribution in [2.45, 2.75) is 45.1 Å². The molecule has 1 N–H and O–H groups in total. The Balaban J connectivity index is 1.93. The lowest BCUT2D eigenvalue weighted by molar-refractivity contribution is 0.107. The van der Waals surface area contributed by atoms with Gasteiger partial charge in [0, 0.05) is 18.7 Å². The Morgan fingerprint density at radius 2 is 2.33 bits per heavy atom. The number of hydrogen-bond donors (Lipinski definition) is 1. The maximum absolute atomic E-state index is 6.11. The van der Waals surface area contributed by atoms with Gasteiger partial charge >= 0.3 is 0 Å². The van der Waals surface area contributed by atoms with Gasteiger partial charge in [-0.25, -0.2) is 9.97 Å². The monoisotopic (exact) mass is 269 g/mol. The van der Waals surface area contributed by atoms with E-state index in [2.05, 4.69) is 29.1 Å². The molecule has 100 valence electrons. The molecule has 1 fully saturated rings. The molecule has 1 aliphatic rings. The predicted octanol–water partition coefficient (Wildman–Crippen LogP) is 3.23. The van der Waals surface area contributed by atoms with Crippen molar-refractivity contribution in [1.82, 2.24) is 9.97 Å². The van der Waals surface area contributed by atoms with Crippen LogP contribution in [0.25, 0.3) is 0 Å². The van der Waals surface area contributed by atoms with E-state index < -0.39 is 0 Å². The van der Waals surface area contributed by atoms with Gasteiger partial charge in [0.2, 0.25) is 0 Å². The van der Waals surface area contributed by atoms with Crippen LogP contribution in [0.3, 0.4) is 0 Å². The van der Waals surface area contributed by atoms with Crippen LogP contribution in [0.2, 0.25) is 5.15 Å². The first-order valence-corrected chi connectivity index (χ1v) is 6.92. The van der Waals surface area contributed by atoms with Gasteiger partial charge < -0.3 is 10.1 Å². The summed E-state index contributed by atoms with van der Waals surface area (Å²) in [4.78, 5) is 8.31. The van der Waals surface area contributed by atoms with E-state index in [1.54, 1.807) is 0 Å². The van der Waals surface area contributed by atoms with Crippen molar-refractivity contribution < 1.29 is 4.74 Å². The maximum atomic E-state index is 6.11. The Kier molecular flexibility index (Phi) is 4.78. The Morgan fingerprint density at radius 3 is 3.00 bits per heavy atom. The summed E-state index contributed by atoms with van der Waals surface area (Å²) in [5, 5.41) is 3.89. The van der Waals surface area contributed by atoms with Gasteiger partial charge in [0.25, 0.3) is 0 Å². The van der Waals surface area contributed by atoms with Crippen LogP contribution in [0.1, 0.15) is 44.6 Å². The Bertz CT molecular complexity index is 392. The van der Waals surface area contributed by atoms with Gasteiger partial charge in [0.05, 0.1) is 6.10 Å². The average Bonchev–Trinajstić information content (AvgIpc) is 2.81. The second kappa shape index (κ2) is 6.34. The van der Waals surface area contributed by atoms with Crippen LogP contribution in [0.5, 0.6) is 0 Å². The third-order valence-corrected chi connectivity index (χ3v) is 3.50. The van der Waals surface area contributed by atoms with Gasteiger partial charge in [-0.15, -0.1) is 0 Å². The van der Waals surface area contributed by atoms with Crippen LogP contribution < -0.4 is 5.32 Å². The van der Waals surface area contributed by atoms with Crippen molar-refractivity contribution >= 4 is 17.4 Å². The molecule has 2 rings (SSSR count). The van der Waals surface area contributed by atoms with Gasteiger partial charge in [-0.05, 0) is 25.2 Å². The first-order chi connectivity index (χ1) is 8.68. The Hall–Kier alpha value is -0.870. The van der Waals surface area contributed by atoms with E-state index in [0.717, 1.165) is 31.0 Å². The molecule has 1 saturated heterocycles. The summed E-state index contributed by atoms with van der Waals surface area (Å²) in [7, 11) is 0. The second-order valence-electron chi connectivity index (χ2n) is 4.93. The number of nitrogens with zero attached hydrogens (tertiary/aromatic N) is 2. The van der Waals surface area contributed by atoms with E-state index in [4.69, 9.17) is 16.3 Å². The van der Waals surface area contributed by atoms with Gasteiger partial charge in [-0.3, -0.25) is 0 Å². The molecule has 1 aromatic heterocycles. The van der Waals surface area contributed by atoms with Crippen LogP contribution in [-0.2, 0) is 4.74 Å². The van der Waals surface area contributed by atoms with E-state index in [0.29, 0.717) is 17.2 Å². The highest BCUT2D eigenvalue weighted by Crippen LogP contribution is 2.28. The number of hydrogen-bond acceptors (Lipinski definition) is 4. The fourth-order valence-electron chi connectivity index (χ4n) is 2.25. The zero-order chi connectivity index (χ0) is 13.0. The first kappa shape index (κ1) is 13.6. The highest BCUT2D eigenvalue weighted by Gasteiger charge is 2.16. The van der Waals surface area contributed by atoms with Crippen LogP contribution in [0.4, 0.5) is 5.82 Å². The van der Waals surface area contributed by atoms with Crippen molar-refractivity contribution in [3.05, 3.63) is 17.0 Å². The zero-order valence-corrected chi connectivity index (χ0v) is 11.7. The fraction of sp³-hybridized carbons (Fsp3) is 0.692. The van der Waals surface area contributed by atoms with E-state index in [9.17, 15) is 0 Å². The van der Waals surface area contributed by atoms with E-state index >= 15 is 0 Å². The number of halogens is 1. The largest absolute Gasteiger partial charge is 0.378 e. The third-order valence-electron chi connectivity index (χ3n) is 3.20. The van der Waals surface area contributed by atoms with Crippen molar-refractivity contribution in [1.29, 1.82) is 0 Å². The van der Waals surface area contributed by atoms with E-state index in [-0.39, 0.29) is 0 Å². The molecule has 18 heavy (non-hydrogen) atoms. The summed E-state index contributed by atoms with van der Waals surface area (Å²) in [5.74, 6) is 1.16. The van der Waals surface area contributed by atoms with Gasteiger partial charge in [0.1, 0.15) is 17.3 Å². The van der Waals surface area contributed by atoms with Gasteiger partial charge in [-0.1, -0.05) is 25.4 Å². The molecule has 0 saturated carbocycles. The minimum absolute atomic E-state index is 0.309. The molecule has 1 atom stereocenters. The number of nitrogens with one attached hydrogen (secondary N) is 1. The second-order valence-corrected chi connectivity index (χ2v) is 5.29. The summed E-state index contributed by atoms with van der Waals surface area (Å²) in [5.41, 5.74) is 0.992. The fourth-order valence-corrected chi connectivity index (χ4v) is 2.60. The smallest absolute Gasteiger partial charge is 0.138 e. The molecule has 1 aromatic rings. The van der Waals surface area contributed by atoms with Crippen molar-refractivity contribution in [3.63, 3.8) is 0 Å². The summed E-state index contributed by atoms with van der Waals surface area (Å²) in [6, 6.07) is 0. The normalized spacial score (nSPS) is 19.4. The average molecular weight is 270 g/mol. The van der Waals surface area contributed by atoms with Crippen molar-refractivity contribution in [2.24, 2.45) is 0 Å². The first-order valence-electron chi connectivity index (χ1n) is 6.54. The number of ether oxygens (including phenoxy) is 1. The van der Waals surface area contributed by atoms with E-state index in [1.165, 1.54) is 19.2 Å². The predicted molar refractivity (Wildman–Crippen MR) is 73.2 cm³/mol. The molecule has 0 aromatic carbocycles. The van der Waals surface area contributed by atoms with Crippen LogP contribution in [0.15, 0.2) is 6.33 Å². The molecule has 0 bridgehead atoms. The number of aromatic nitrogens is 2. The quantitative estimate of drug-likeness (QED) is 0.834. The van der Waals surface area contributed by atoms with Crippen LogP contribution in [-0.4, -0.2) is 29.2 Å². The topological polar surface area (TPSA) is 47.0 Å². The van der Waals surface area contributed by atoms with Gasteiger partial charge in [-0.2, -0.15) is 0 Å². The standard InChI is InChI=1S/C13H20ClN3O/c1-9(2)11-12(14)16-8-17-13(11)15-6-5-10-4-3-7-18-10/h8-10H,3-7H2,1-2H3,(H,15,16,17). The van der Waals surface area contributed by atoms with Crippen molar-refractivity contribution in [3.8, 4) is 0 Å². The highest BCUT2D eigenvalue weighted by atomic mass is 35.5. The lowest BCUT2D eigenvalue weighted by Gasteiger charge is -2.15. The summed E-state index contributed by atoms with van der Waals surface area (Å²) < 4.78 is 5.59. The molecular formula is C13H20ClN3O. The van der Waals surface area contributed by atoms with Crippen LogP contribution in [0, 0.1) is 0 Å². The maximum Gasteiger partial charge on any atom is 0.138 e. The molecule has 1 aliphatic heterocycles. The Labute approximate surface area is 113 Å². The molecule has 1 unspecified atom stereocenters. The van der Waals surface area contributed by atoms with Gasteiger partial charge in [0.15, 0.2) is 0 Å².